The molecule has 4 nitrogen and oxygen atoms in total. The first-order valence-corrected chi connectivity index (χ1v) is 7.39. The molecule has 0 fully saturated rings. The second kappa shape index (κ2) is 6.91. The fourth-order valence-corrected chi connectivity index (χ4v) is 2.17. The van der Waals surface area contributed by atoms with Crippen molar-refractivity contribution in [3.05, 3.63) is 77.9 Å². The Balaban J connectivity index is 1.72. The molecule has 8 heteroatoms. The fourth-order valence-electron chi connectivity index (χ4n) is 2.17. The Bertz CT molecular complexity index is 922. The van der Waals surface area contributed by atoms with Gasteiger partial charge in [-0.05, 0) is 36.4 Å². The fraction of sp³-hybridized carbons (Fsp3) is 0.0556. The molecular formula is C18H11F4N3O. The van der Waals surface area contributed by atoms with E-state index in [1.807, 2.05) is 0 Å². The van der Waals surface area contributed by atoms with Gasteiger partial charge in [-0.3, -0.25) is 4.79 Å². The number of alkyl halides is 3. The van der Waals surface area contributed by atoms with Gasteiger partial charge in [0.2, 0.25) is 0 Å². The summed E-state index contributed by atoms with van der Waals surface area (Å²) in [4.78, 5) is 20.1. The number of hydrogen-bond donors (Lipinski definition) is 1. The Morgan fingerprint density at radius 3 is 2.19 bits per heavy atom. The van der Waals surface area contributed by atoms with Gasteiger partial charge in [0.15, 0.2) is 5.82 Å². The second-order valence-electron chi connectivity index (χ2n) is 5.33. The number of aromatic nitrogens is 2. The number of carbonyl (C=O) groups is 1. The number of carbonyl (C=O) groups excluding carboxylic acids is 1. The highest BCUT2D eigenvalue weighted by molar-refractivity contribution is 6.03. The molecule has 0 unspecified atom stereocenters. The lowest BCUT2D eigenvalue weighted by atomic mass is 10.2. The maximum atomic E-state index is 13.2. The zero-order valence-corrected chi connectivity index (χ0v) is 13.1. The first-order valence-electron chi connectivity index (χ1n) is 7.39. The van der Waals surface area contributed by atoms with E-state index in [1.165, 1.54) is 30.6 Å². The summed E-state index contributed by atoms with van der Waals surface area (Å²) in [7, 11) is 0. The Labute approximate surface area is 145 Å². The molecule has 3 rings (SSSR count). The zero-order valence-electron chi connectivity index (χ0n) is 13.1. The van der Waals surface area contributed by atoms with Crippen LogP contribution in [0.15, 0.2) is 60.9 Å². The van der Waals surface area contributed by atoms with Crippen LogP contribution in [0, 0.1) is 5.82 Å². The Hall–Kier alpha value is -3.29. The third kappa shape index (κ3) is 4.02. The second-order valence-corrected chi connectivity index (χ2v) is 5.33. The quantitative estimate of drug-likeness (QED) is 0.696. The van der Waals surface area contributed by atoms with Gasteiger partial charge >= 0.3 is 6.18 Å². The summed E-state index contributed by atoms with van der Waals surface area (Å²) in [5.74, 6) is -0.763. The predicted molar refractivity (Wildman–Crippen MR) is 86.8 cm³/mol. The van der Waals surface area contributed by atoms with E-state index >= 15 is 0 Å². The van der Waals surface area contributed by atoms with Crippen LogP contribution in [-0.4, -0.2) is 15.9 Å². The van der Waals surface area contributed by atoms with Crippen LogP contribution in [-0.2, 0) is 6.18 Å². The standard InChI is InChI=1S/C18H11F4N3O/c19-14-3-1-2-11(8-14)16-23-9-12(10-24-16)17(26)25-15-6-4-13(5-7-15)18(20,21)22/h1-10H,(H,25,26). The summed E-state index contributed by atoms with van der Waals surface area (Å²) in [5, 5.41) is 2.46. The van der Waals surface area contributed by atoms with Crippen LogP contribution in [0.1, 0.15) is 15.9 Å². The molecule has 1 heterocycles. The van der Waals surface area contributed by atoms with Crippen molar-refractivity contribution in [3.63, 3.8) is 0 Å². The molecule has 0 aliphatic carbocycles. The highest BCUT2D eigenvalue weighted by Gasteiger charge is 2.30. The lowest BCUT2D eigenvalue weighted by Gasteiger charge is -2.09. The van der Waals surface area contributed by atoms with Crippen molar-refractivity contribution >= 4 is 11.6 Å². The molecule has 0 spiro atoms. The van der Waals surface area contributed by atoms with Crippen molar-refractivity contribution in [1.82, 2.24) is 9.97 Å². The van der Waals surface area contributed by atoms with Crippen molar-refractivity contribution in [1.29, 1.82) is 0 Å². The van der Waals surface area contributed by atoms with Gasteiger partial charge in [0.05, 0.1) is 11.1 Å². The summed E-state index contributed by atoms with van der Waals surface area (Å²) in [6.07, 6.45) is -1.93. The number of rotatable bonds is 3. The minimum Gasteiger partial charge on any atom is -0.322 e. The molecule has 26 heavy (non-hydrogen) atoms. The van der Waals surface area contributed by atoms with Gasteiger partial charge in [0, 0.05) is 23.6 Å². The molecule has 3 aromatic rings. The van der Waals surface area contributed by atoms with Gasteiger partial charge in [-0.1, -0.05) is 12.1 Å². The van der Waals surface area contributed by atoms with Crippen molar-refractivity contribution in [2.45, 2.75) is 6.18 Å². The average Bonchev–Trinajstić information content (AvgIpc) is 2.61. The summed E-state index contributed by atoms with van der Waals surface area (Å²) < 4.78 is 50.8. The van der Waals surface area contributed by atoms with Crippen LogP contribution in [0.25, 0.3) is 11.4 Å². The summed E-state index contributed by atoms with van der Waals surface area (Å²) in [6, 6.07) is 9.75. The molecule has 2 aromatic carbocycles. The normalized spacial score (nSPS) is 11.2. The SMILES string of the molecule is O=C(Nc1ccc(C(F)(F)F)cc1)c1cnc(-c2cccc(F)c2)nc1. The van der Waals surface area contributed by atoms with E-state index in [0.717, 1.165) is 24.3 Å². The molecule has 0 atom stereocenters. The van der Waals surface area contributed by atoms with Gasteiger partial charge < -0.3 is 5.32 Å². The van der Waals surface area contributed by atoms with E-state index in [4.69, 9.17) is 0 Å². The molecule has 0 saturated carbocycles. The van der Waals surface area contributed by atoms with Gasteiger partial charge in [-0.2, -0.15) is 13.2 Å². The van der Waals surface area contributed by atoms with Crippen molar-refractivity contribution < 1.29 is 22.4 Å². The van der Waals surface area contributed by atoms with E-state index in [1.54, 1.807) is 6.07 Å². The molecule has 0 aliphatic rings. The topological polar surface area (TPSA) is 54.9 Å². The molecule has 1 N–H and O–H groups in total. The van der Waals surface area contributed by atoms with Crippen LogP contribution in [0.2, 0.25) is 0 Å². The number of amides is 1. The molecule has 1 aromatic heterocycles. The lowest BCUT2D eigenvalue weighted by Crippen LogP contribution is -2.13. The summed E-state index contributed by atoms with van der Waals surface area (Å²) >= 11 is 0. The van der Waals surface area contributed by atoms with E-state index in [2.05, 4.69) is 15.3 Å². The number of halogens is 4. The highest BCUT2D eigenvalue weighted by Crippen LogP contribution is 2.29. The predicted octanol–water partition coefficient (Wildman–Crippen LogP) is 4.55. The summed E-state index contributed by atoms with van der Waals surface area (Å²) in [6.45, 7) is 0. The molecule has 0 saturated heterocycles. The Morgan fingerprint density at radius 1 is 0.962 bits per heavy atom. The van der Waals surface area contributed by atoms with E-state index in [-0.39, 0.29) is 17.1 Å². The van der Waals surface area contributed by atoms with Crippen LogP contribution in [0.3, 0.4) is 0 Å². The smallest absolute Gasteiger partial charge is 0.322 e. The van der Waals surface area contributed by atoms with E-state index in [0.29, 0.717) is 5.56 Å². The molecule has 1 amide bonds. The lowest BCUT2D eigenvalue weighted by molar-refractivity contribution is -0.137. The summed E-state index contributed by atoms with van der Waals surface area (Å²) in [5.41, 5.74) is -0.0276. The molecule has 0 aliphatic heterocycles. The number of benzene rings is 2. The van der Waals surface area contributed by atoms with Crippen molar-refractivity contribution in [3.8, 4) is 11.4 Å². The number of nitrogens with zero attached hydrogens (tertiary/aromatic N) is 2. The van der Waals surface area contributed by atoms with Crippen LogP contribution in [0.5, 0.6) is 0 Å². The van der Waals surface area contributed by atoms with Crippen LogP contribution in [0.4, 0.5) is 23.2 Å². The number of hydrogen-bond acceptors (Lipinski definition) is 3. The van der Waals surface area contributed by atoms with Gasteiger partial charge in [-0.25, -0.2) is 14.4 Å². The molecule has 0 bridgehead atoms. The molecule has 132 valence electrons. The largest absolute Gasteiger partial charge is 0.416 e. The minimum absolute atomic E-state index is 0.116. The minimum atomic E-state index is -4.44. The third-order valence-electron chi connectivity index (χ3n) is 3.47. The van der Waals surface area contributed by atoms with Gasteiger partial charge in [0.25, 0.3) is 5.91 Å². The third-order valence-corrected chi connectivity index (χ3v) is 3.47. The first kappa shape index (κ1) is 17.5. The van der Waals surface area contributed by atoms with Gasteiger partial charge in [-0.15, -0.1) is 0 Å². The van der Waals surface area contributed by atoms with E-state index in [9.17, 15) is 22.4 Å². The Morgan fingerprint density at radius 2 is 1.62 bits per heavy atom. The molecular weight excluding hydrogens is 350 g/mol. The maximum Gasteiger partial charge on any atom is 0.416 e. The Kier molecular flexibility index (Phi) is 4.66. The first-order chi connectivity index (χ1) is 12.3. The van der Waals surface area contributed by atoms with Crippen molar-refractivity contribution in [2.24, 2.45) is 0 Å². The molecule has 0 radical (unpaired) electrons. The van der Waals surface area contributed by atoms with Crippen LogP contribution >= 0.6 is 0 Å². The zero-order chi connectivity index (χ0) is 18.7. The van der Waals surface area contributed by atoms with E-state index < -0.39 is 23.5 Å². The number of anilines is 1. The monoisotopic (exact) mass is 361 g/mol. The number of nitrogens with one attached hydrogen (secondary N) is 1. The van der Waals surface area contributed by atoms with Crippen LogP contribution < -0.4 is 5.32 Å². The highest BCUT2D eigenvalue weighted by atomic mass is 19.4. The maximum absolute atomic E-state index is 13.2. The van der Waals surface area contributed by atoms with Gasteiger partial charge in [0.1, 0.15) is 5.82 Å². The van der Waals surface area contributed by atoms with Crippen molar-refractivity contribution in [2.75, 3.05) is 5.32 Å². The average molecular weight is 361 g/mol.